The molecule has 2 heteroatoms. The van der Waals surface area contributed by atoms with Crippen LogP contribution in [0.2, 0.25) is 0 Å². The van der Waals surface area contributed by atoms with E-state index in [0.717, 1.165) is 19.6 Å². The summed E-state index contributed by atoms with van der Waals surface area (Å²) < 4.78 is 5.39. The Hall–Kier alpha value is 0.440. The topological polar surface area (TPSA) is 9.23 Å². The van der Waals surface area contributed by atoms with Crippen molar-refractivity contribution in [1.82, 2.24) is 0 Å². The van der Waals surface area contributed by atoms with E-state index in [1.54, 1.807) is 0 Å². The van der Waals surface area contributed by atoms with Gasteiger partial charge in [-0.1, -0.05) is 36.2 Å². The number of hydrogen-bond donors (Lipinski definition) is 0. The van der Waals surface area contributed by atoms with Gasteiger partial charge in [-0.2, -0.15) is 0 Å². The van der Waals surface area contributed by atoms with Gasteiger partial charge in [-0.25, -0.2) is 0 Å². The van der Waals surface area contributed by atoms with Crippen LogP contribution in [0.4, 0.5) is 0 Å². The summed E-state index contributed by atoms with van der Waals surface area (Å²) in [6.45, 7) is 6.21. The summed E-state index contributed by atoms with van der Waals surface area (Å²) in [5.74, 6) is 0. The van der Waals surface area contributed by atoms with E-state index in [1.807, 2.05) is 0 Å². The highest BCUT2D eigenvalue weighted by Gasteiger charge is 2.01. The third kappa shape index (κ3) is 8.54. The largest absolute Gasteiger partial charge is 0.381 e. The molecule has 0 saturated carbocycles. The standard InChI is InChI=1S/C10H21BrO/c1-3-6-10(11)7-5-9-12-8-4-2/h10H,3-9H2,1-2H3. The molecule has 0 aromatic heterocycles. The van der Waals surface area contributed by atoms with Gasteiger partial charge in [0, 0.05) is 18.0 Å². The maximum absolute atomic E-state index is 5.39. The Morgan fingerprint density at radius 2 is 1.83 bits per heavy atom. The molecule has 0 aromatic rings. The van der Waals surface area contributed by atoms with Crippen LogP contribution in [0.5, 0.6) is 0 Å². The molecule has 0 N–H and O–H groups in total. The van der Waals surface area contributed by atoms with Gasteiger partial charge >= 0.3 is 0 Å². The highest BCUT2D eigenvalue weighted by molar-refractivity contribution is 9.09. The SMILES string of the molecule is CCCOCCCC(Br)CCC. The fraction of sp³-hybridized carbons (Fsp3) is 1.00. The first kappa shape index (κ1) is 12.4. The Balaban J connectivity index is 2.97. The van der Waals surface area contributed by atoms with Crippen molar-refractivity contribution in [3.05, 3.63) is 0 Å². The van der Waals surface area contributed by atoms with Crippen LogP contribution in [-0.2, 0) is 4.74 Å². The molecule has 0 aromatic carbocycles. The molecule has 0 aliphatic rings. The molecule has 1 nitrogen and oxygen atoms in total. The van der Waals surface area contributed by atoms with Crippen LogP contribution in [0.3, 0.4) is 0 Å². The number of ether oxygens (including phenoxy) is 1. The van der Waals surface area contributed by atoms with Crippen LogP contribution in [0.1, 0.15) is 46.0 Å². The van der Waals surface area contributed by atoms with Crippen molar-refractivity contribution < 1.29 is 4.74 Å². The Morgan fingerprint density at radius 1 is 1.08 bits per heavy atom. The summed E-state index contributed by atoms with van der Waals surface area (Å²) in [7, 11) is 0. The van der Waals surface area contributed by atoms with Crippen LogP contribution >= 0.6 is 15.9 Å². The minimum Gasteiger partial charge on any atom is -0.381 e. The van der Waals surface area contributed by atoms with Crippen molar-refractivity contribution in [1.29, 1.82) is 0 Å². The molecule has 0 aliphatic heterocycles. The lowest BCUT2D eigenvalue weighted by Gasteiger charge is -2.07. The second-order valence-electron chi connectivity index (χ2n) is 3.14. The van der Waals surface area contributed by atoms with Crippen molar-refractivity contribution in [2.24, 2.45) is 0 Å². The van der Waals surface area contributed by atoms with Gasteiger partial charge in [-0.15, -0.1) is 0 Å². The molecule has 0 radical (unpaired) electrons. The summed E-state index contributed by atoms with van der Waals surface area (Å²) in [5, 5.41) is 0. The van der Waals surface area contributed by atoms with E-state index in [0.29, 0.717) is 4.83 Å². The zero-order valence-electron chi connectivity index (χ0n) is 8.31. The summed E-state index contributed by atoms with van der Waals surface area (Å²) in [4.78, 5) is 0.702. The summed E-state index contributed by atoms with van der Waals surface area (Å²) >= 11 is 3.65. The first-order valence-electron chi connectivity index (χ1n) is 5.03. The van der Waals surface area contributed by atoms with E-state index in [-0.39, 0.29) is 0 Å². The normalized spacial score (nSPS) is 13.2. The van der Waals surface area contributed by atoms with Gasteiger partial charge in [0.15, 0.2) is 0 Å². The van der Waals surface area contributed by atoms with Gasteiger partial charge in [0.1, 0.15) is 0 Å². The van der Waals surface area contributed by atoms with Gasteiger partial charge in [0.2, 0.25) is 0 Å². The van der Waals surface area contributed by atoms with E-state index < -0.39 is 0 Å². The van der Waals surface area contributed by atoms with E-state index in [2.05, 4.69) is 29.8 Å². The Kier molecular flexibility index (Phi) is 9.88. The van der Waals surface area contributed by atoms with E-state index in [1.165, 1.54) is 25.7 Å². The van der Waals surface area contributed by atoms with E-state index >= 15 is 0 Å². The zero-order valence-corrected chi connectivity index (χ0v) is 9.90. The number of hydrogen-bond acceptors (Lipinski definition) is 1. The lowest BCUT2D eigenvalue weighted by Crippen LogP contribution is -2.01. The smallest absolute Gasteiger partial charge is 0.0466 e. The highest BCUT2D eigenvalue weighted by atomic mass is 79.9. The maximum Gasteiger partial charge on any atom is 0.0466 e. The molecule has 74 valence electrons. The molecule has 0 fully saturated rings. The van der Waals surface area contributed by atoms with Crippen LogP contribution in [0.15, 0.2) is 0 Å². The first-order valence-corrected chi connectivity index (χ1v) is 5.94. The maximum atomic E-state index is 5.39. The minimum absolute atomic E-state index is 0.702. The lowest BCUT2D eigenvalue weighted by molar-refractivity contribution is 0.131. The molecular formula is C10H21BrO. The lowest BCUT2D eigenvalue weighted by atomic mass is 10.2. The van der Waals surface area contributed by atoms with E-state index in [4.69, 9.17) is 4.74 Å². The molecule has 1 unspecified atom stereocenters. The zero-order chi connectivity index (χ0) is 9.23. The van der Waals surface area contributed by atoms with E-state index in [9.17, 15) is 0 Å². The average molecular weight is 237 g/mol. The van der Waals surface area contributed by atoms with Crippen molar-refractivity contribution in [3.8, 4) is 0 Å². The van der Waals surface area contributed by atoms with Gasteiger partial charge in [-0.05, 0) is 25.7 Å². The summed E-state index contributed by atoms with van der Waals surface area (Å²) in [6.07, 6.45) is 6.12. The van der Waals surface area contributed by atoms with Crippen molar-refractivity contribution in [2.45, 2.75) is 50.8 Å². The highest BCUT2D eigenvalue weighted by Crippen LogP contribution is 2.13. The predicted octanol–water partition coefficient (Wildman–Crippen LogP) is 3.76. The molecule has 0 saturated heterocycles. The molecule has 12 heavy (non-hydrogen) atoms. The number of alkyl halides is 1. The van der Waals surface area contributed by atoms with Crippen LogP contribution in [0, 0.1) is 0 Å². The first-order chi connectivity index (χ1) is 5.81. The van der Waals surface area contributed by atoms with Crippen LogP contribution < -0.4 is 0 Å². The van der Waals surface area contributed by atoms with Crippen LogP contribution in [-0.4, -0.2) is 18.0 Å². The Labute approximate surface area is 85.0 Å². The second-order valence-corrected chi connectivity index (χ2v) is 4.44. The summed E-state index contributed by atoms with van der Waals surface area (Å²) in [5.41, 5.74) is 0. The number of halogens is 1. The van der Waals surface area contributed by atoms with Gasteiger partial charge < -0.3 is 4.74 Å². The number of rotatable bonds is 8. The molecule has 0 heterocycles. The molecule has 0 amide bonds. The molecule has 1 atom stereocenters. The molecule has 0 rings (SSSR count). The minimum atomic E-state index is 0.702. The quantitative estimate of drug-likeness (QED) is 0.461. The average Bonchev–Trinajstić information content (AvgIpc) is 2.05. The third-order valence-corrected chi connectivity index (χ3v) is 2.67. The monoisotopic (exact) mass is 236 g/mol. The van der Waals surface area contributed by atoms with Crippen LogP contribution in [0.25, 0.3) is 0 Å². The molecule has 0 spiro atoms. The summed E-state index contributed by atoms with van der Waals surface area (Å²) in [6, 6.07) is 0. The molecular weight excluding hydrogens is 216 g/mol. The van der Waals surface area contributed by atoms with Crippen molar-refractivity contribution in [2.75, 3.05) is 13.2 Å². The van der Waals surface area contributed by atoms with Gasteiger partial charge in [0.25, 0.3) is 0 Å². The fourth-order valence-electron chi connectivity index (χ4n) is 1.11. The Morgan fingerprint density at radius 3 is 2.42 bits per heavy atom. The van der Waals surface area contributed by atoms with Crippen molar-refractivity contribution in [3.63, 3.8) is 0 Å². The fourth-order valence-corrected chi connectivity index (χ4v) is 1.89. The molecule has 0 bridgehead atoms. The predicted molar refractivity (Wildman–Crippen MR) is 58.0 cm³/mol. The van der Waals surface area contributed by atoms with Gasteiger partial charge in [-0.3, -0.25) is 0 Å². The Bertz CT molecular complexity index is 85.9. The molecule has 0 aliphatic carbocycles. The second kappa shape index (κ2) is 9.53. The third-order valence-electron chi connectivity index (χ3n) is 1.76. The van der Waals surface area contributed by atoms with Gasteiger partial charge in [0.05, 0.1) is 0 Å². The van der Waals surface area contributed by atoms with Crippen molar-refractivity contribution >= 4 is 15.9 Å².